The molecular formula is C21H26N2O3S. The third-order valence-corrected chi connectivity index (χ3v) is 5.41. The quantitative estimate of drug-likeness (QED) is 0.317. The monoisotopic (exact) mass is 386 g/mol. The van der Waals surface area contributed by atoms with Crippen LogP contribution in [0.3, 0.4) is 0 Å². The van der Waals surface area contributed by atoms with Gasteiger partial charge in [0.15, 0.2) is 0 Å². The fraction of sp³-hybridized carbons (Fsp3) is 0.381. The third kappa shape index (κ3) is 5.50. The number of carbonyl (C=O) groups excluding carboxylic acids is 2. The van der Waals surface area contributed by atoms with Gasteiger partial charge in [-0.25, -0.2) is 4.79 Å². The average Bonchev–Trinajstić information content (AvgIpc) is 3.12. The van der Waals surface area contributed by atoms with E-state index in [4.69, 9.17) is 4.74 Å². The number of amides is 1. The van der Waals surface area contributed by atoms with E-state index in [1.54, 1.807) is 13.1 Å². The van der Waals surface area contributed by atoms with E-state index in [1.165, 1.54) is 18.4 Å². The minimum absolute atomic E-state index is 0.0229. The van der Waals surface area contributed by atoms with E-state index in [0.29, 0.717) is 23.5 Å². The Morgan fingerprint density at radius 2 is 2.15 bits per heavy atom. The summed E-state index contributed by atoms with van der Waals surface area (Å²) in [5.74, 6) is -0.346. The fourth-order valence-corrected chi connectivity index (χ4v) is 3.85. The molecule has 5 nitrogen and oxygen atoms in total. The standard InChI is InChI=1S/C21H26N2O3S/c1-5-7-8-9-17(6-2)22-13-15(3)20(24)23-11-10-16-12-18(21(25)26-4)27-19(16)14-23/h5,7-9,12-13H,6,10-11,14H2,1-4H3/b7-5-,9-8-,15-13+,22-17-. The topological polar surface area (TPSA) is 59.0 Å². The van der Waals surface area contributed by atoms with Crippen LogP contribution in [0.2, 0.25) is 0 Å². The molecule has 0 N–H and O–H groups in total. The maximum atomic E-state index is 12.7. The molecular weight excluding hydrogens is 360 g/mol. The molecule has 0 bridgehead atoms. The van der Waals surface area contributed by atoms with Gasteiger partial charge in [-0.3, -0.25) is 9.79 Å². The van der Waals surface area contributed by atoms with Gasteiger partial charge in [-0.05, 0) is 44.4 Å². The van der Waals surface area contributed by atoms with Gasteiger partial charge in [-0.15, -0.1) is 11.3 Å². The van der Waals surface area contributed by atoms with Crippen LogP contribution in [0, 0.1) is 0 Å². The Bertz CT molecular complexity index is 815. The lowest BCUT2D eigenvalue weighted by atomic mass is 10.1. The second-order valence-electron chi connectivity index (χ2n) is 6.20. The van der Waals surface area contributed by atoms with Crippen molar-refractivity contribution in [3.05, 3.63) is 57.5 Å². The zero-order valence-corrected chi connectivity index (χ0v) is 17.1. The van der Waals surface area contributed by atoms with Gasteiger partial charge < -0.3 is 9.64 Å². The third-order valence-electron chi connectivity index (χ3n) is 4.27. The minimum atomic E-state index is -0.323. The van der Waals surface area contributed by atoms with Crippen molar-refractivity contribution in [2.75, 3.05) is 13.7 Å². The largest absolute Gasteiger partial charge is 0.465 e. The van der Waals surface area contributed by atoms with Gasteiger partial charge >= 0.3 is 5.97 Å². The second-order valence-corrected chi connectivity index (χ2v) is 7.34. The number of aliphatic imine (C=N–C) groups is 1. The summed E-state index contributed by atoms with van der Waals surface area (Å²) in [5.41, 5.74) is 2.65. The Hall–Kier alpha value is -2.47. The van der Waals surface area contributed by atoms with Crippen molar-refractivity contribution in [1.29, 1.82) is 0 Å². The number of rotatable bonds is 6. The SMILES string of the molecule is C\C=C/C=C\C(CC)=N/C=C(\C)C(=O)N1CCc2cc(C(=O)OC)sc2C1. The molecule has 6 heteroatoms. The van der Waals surface area contributed by atoms with E-state index in [-0.39, 0.29) is 11.9 Å². The number of allylic oxidation sites excluding steroid dienone is 4. The average molecular weight is 387 g/mol. The van der Waals surface area contributed by atoms with Crippen LogP contribution in [0.25, 0.3) is 0 Å². The Morgan fingerprint density at radius 3 is 2.81 bits per heavy atom. The number of hydrogen-bond donors (Lipinski definition) is 0. The summed E-state index contributed by atoms with van der Waals surface area (Å²) in [6.45, 7) is 6.94. The van der Waals surface area contributed by atoms with Crippen molar-refractivity contribution in [2.24, 2.45) is 4.99 Å². The minimum Gasteiger partial charge on any atom is -0.465 e. The zero-order valence-electron chi connectivity index (χ0n) is 16.3. The van der Waals surface area contributed by atoms with E-state index in [1.807, 2.05) is 49.1 Å². The van der Waals surface area contributed by atoms with Crippen LogP contribution >= 0.6 is 11.3 Å². The van der Waals surface area contributed by atoms with Crippen LogP contribution in [0.4, 0.5) is 0 Å². The summed E-state index contributed by atoms with van der Waals surface area (Å²) in [6.07, 6.45) is 11.0. The number of nitrogens with zero attached hydrogens (tertiary/aromatic N) is 2. The van der Waals surface area contributed by atoms with E-state index >= 15 is 0 Å². The van der Waals surface area contributed by atoms with Crippen molar-refractivity contribution >= 4 is 28.9 Å². The normalized spacial score (nSPS) is 15.5. The lowest BCUT2D eigenvalue weighted by Gasteiger charge is -2.27. The lowest BCUT2D eigenvalue weighted by molar-refractivity contribution is -0.127. The van der Waals surface area contributed by atoms with Gasteiger partial charge in [0.2, 0.25) is 0 Å². The molecule has 2 rings (SSSR count). The molecule has 1 aliphatic heterocycles. The zero-order chi connectivity index (χ0) is 19.8. The van der Waals surface area contributed by atoms with Crippen molar-refractivity contribution in [3.63, 3.8) is 0 Å². The van der Waals surface area contributed by atoms with E-state index in [0.717, 1.165) is 29.0 Å². The van der Waals surface area contributed by atoms with Crippen LogP contribution in [0.1, 0.15) is 47.3 Å². The number of hydrogen-bond acceptors (Lipinski definition) is 5. The molecule has 0 aromatic carbocycles. The number of carbonyl (C=O) groups is 2. The molecule has 0 saturated carbocycles. The maximum Gasteiger partial charge on any atom is 0.348 e. The lowest BCUT2D eigenvalue weighted by Crippen LogP contribution is -2.35. The summed E-state index contributed by atoms with van der Waals surface area (Å²) in [7, 11) is 1.38. The Labute approximate surface area is 164 Å². The Kier molecular flexibility index (Phi) is 7.73. The highest BCUT2D eigenvalue weighted by Gasteiger charge is 2.25. The number of thiophene rings is 1. The van der Waals surface area contributed by atoms with Gasteiger partial charge in [-0.2, -0.15) is 0 Å². The van der Waals surface area contributed by atoms with E-state index in [2.05, 4.69) is 4.99 Å². The van der Waals surface area contributed by atoms with Crippen LogP contribution in [0.15, 0.2) is 47.1 Å². The van der Waals surface area contributed by atoms with Crippen molar-refractivity contribution in [2.45, 2.75) is 40.2 Å². The smallest absolute Gasteiger partial charge is 0.348 e. The van der Waals surface area contributed by atoms with E-state index < -0.39 is 0 Å². The van der Waals surface area contributed by atoms with Crippen LogP contribution in [-0.2, 0) is 22.5 Å². The molecule has 27 heavy (non-hydrogen) atoms. The summed E-state index contributed by atoms with van der Waals surface area (Å²) < 4.78 is 4.78. The summed E-state index contributed by atoms with van der Waals surface area (Å²) in [4.78, 5) is 32.3. The predicted octanol–water partition coefficient (Wildman–Crippen LogP) is 4.31. The van der Waals surface area contributed by atoms with Crippen molar-refractivity contribution in [1.82, 2.24) is 4.90 Å². The molecule has 0 radical (unpaired) electrons. The summed E-state index contributed by atoms with van der Waals surface area (Å²) in [6, 6.07) is 1.88. The number of esters is 1. The molecule has 144 valence electrons. The molecule has 1 aliphatic rings. The molecule has 0 atom stereocenters. The molecule has 0 aliphatic carbocycles. The van der Waals surface area contributed by atoms with Gasteiger partial charge in [0, 0.05) is 28.9 Å². The first-order valence-corrected chi connectivity index (χ1v) is 9.83. The number of fused-ring (bicyclic) bond motifs is 1. The summed E-state index contributed by atoms with van der Waals surface area (Å²) in [5, 5.41) is 0. The van der Waals surface area contributed by atoms with Gasteiger partial charge in [0.1, 0.15) is 4.88 Å². The molecule has 2 heterocycles. The molecule has 1 aromatic heterocycles. The first-order chi connectivity index (χ1) is 13.0. The van der Waals surface area contributed by atoms with Gasteiger partial charge in [0.25, 0.3) is 5.91 Å². The predicted molar refractivity (Wildman–Crippen MR) is 110 cm³/mol. The van der Waals surface area contributed by atoms with Crippen LogP contribution < -0.4 is 0 Å². The van der Waals surface area contributed by atoms with E-state index in [9.17, 15) is 9.59 Å². The van der Waals surface area contributed by atoms with Crippen LogP contribution in [-0.4, -0.2) is 36.1 Å². The molecule has 0 spiro atoms. The fourth-order valence-electron chi connectivity index (χ4n) is 2.71. The first-order valence-electron chi connectivity index (χ1n) is 9.02. The number of ether oxygens (including phenoxy) is 1. The van der Waals surface area contributed by atoms with Crippen molar-refractivity contribution < 1.29 is 14.3 Å². The summed E-state index contributed by atoms with van der Waals surface area (Å²) >= 11 is 1.40. The van der Waals surface area contributed by atoms with Crippen molar-refractivity contribution in [3.8, 4) is 0 Å². The molecule has 1 amide bonds. The Morgan fingerprint density at radius 1 is 1.37 bits per heavy atom. The highest BCUT2D eigenvalue weighted by atomic mass is 32.1. The highest BCUT2D eigenvalue weighted by Crippen LogP contribution is 2.29. The molecule has 0 fully saturated rings. The second kappa shape index (κ2) is 10.0. The molecule has 0 unspecified atom stereocenters. The molecule has 1 aromatic rings. The maximum absolute atomic E-state index is 12.7. The number of methoxy groups -OCH3 is 1. The van der Waals surface area contributed by atoms with Crippen LogP contribution in [0.5, 0.6) is 0 Å². The van der Waals surface area contributed by atoms with Gasteiger partial charge in [-0.1, -0.05) is 25.2 Å². The molecule has 0 saturated heterocycles. The Balaban J connectivity index is 2.09. The van der Waals surface area contributed by atoms with Gasteiger partial charge in [0.05, 0.1) is 13.7 Å². The first kappa shape index (κ1) is 20.8. The highest BCUT2D eigenvalue weighted by molar-refractivity contribution is 7.14.